The van der Waals surface area contributed by atoms with Gasteiger partial charge in [0.1, 0.15) is 0 Å². The second-order valence-corrected chi connectivity index (χ2v) is 5.15. The minimum atomic E-state index is -0.266. The van der Waals surface area contributed by atoms with Crippen molar-refractivity contribution in [1.82, 2.24) is 0 Å². The third kappa shape index (κ3) is 1.81. The molecule has 0 heterocycles. The molecule has 0 amide bonds. The van der Waals surface area contributed by atoms with Gasteiger partial charge in [-0.3, -0.25) is 0 Å². The Hall–Kier alpha value is -1.05. The number of benzene rings is 1. The van der Waals surface area contributed by atoms with Crippen LogP contribution in [0.25, 0.3) is 0 Å². The molecule has 1 aliphatic rings. The van der Waals surface area contributed by atoms with Crippen molar-refractivity contribution in [3.8, 4) is 0 Å². The summed E-state index contributed by atoms with van der Waals surface area (Å²) in [6.45, 7) is 2.08. The number of isocyanates is 1. The lowest BCUT2D eigenvalue weighted by molar-refractivity contribution is 0.254. The molecular formula is C13H15NOS. The molecule has 84 valence electrons. The van der Waals surface area contributed by atoms with E-state index in [2.05, 4.69) is 36.4 Å². The second kappa shape index (κ2) is 4.44. The molecule has 0 aliphatic heterocycles. The molecule has 1 aromatic rings. The molecule has 2 nitrogen and oxygen atoms in total. The normalized spacial score (nSPS) is 17.4. The van der Waals surface area contributed by atoms with E-state index in [1.54, 1.807) is 17.8 Å². The van der Waals surface area contributed by atoms with E-state index in [0.29, 0.717) is 0 Å². The van der Waals surface area contributed by atoms with E-state index in [4.69, 9.17) is 0 Å². The van der Waals surface area contributed by atoms with Gasteiger partial charge in [0.15, 0.2) is 0 Å². The molecule has 16 heavy (non-hydrogen) atoms. The van der Waals surface area contributed by atoms with Crippen LogP contribution in [0.5, 0.6) is 0 Å². The zero-order chi connectivity index (χ0) is 11.6. The quantitative estimate of drug-likeness (QED) is 0.455. The molecular weight excluding hydrogens is 218 g/mol. The number of aliphatic imine (C=N–C) groups is 1. The summed E-state index contributed by atoms with van der Waals surface area (Å²) in [6.07, 6.45) is 6.90. The summed E-state index contributed by atoms with van der Waals surface area (Å²) in [5.74, 6) is 0. The zero-order valence-electron chi connectivity index (χ0n) is 9.62. The third-order valence-corrected chi connectivity index (χ3v) is 4.11. The van der Waals surface area contributed by atoms with Gasteiger partial charge in [0.2, 0.25) is 6.08 Å². The lowest BCUT2D eigenvalue weighted by Gasteiger charge is -2.38. The topological polar surface area (TPSA) is 29.4 Å². The molecule has 0 unspecified atom stereocenters. The van der Waals surface area contributed by atoms with Gasteiger partial charge in [-0.2, -0.15) is 4.99 Å². The third-order valence-electron chi connectivity index (χ3n) is 3.39. The molecule has 0 saturated heterocycles. The molecule has 0 aromatic heterocycles. The Morgan fingerprint density at radius 2 is 2.19 bits per heavy atom. The van der Waals surface area contributed by atoms with Gasteiger partial charge in [0, 0.05) is 4.90 Å². The van der Waals surface area contributed by atoms with Gasteiger partial charge in [0.05, 0.1) is 5.54 Å². The molecule has 3 heteroatoms. The van der Waals surface area contributed by atoms with Gasteiger partial charge in [-0.15, -0.1) is 11.8 Å². The minimum absolute atomic E-state index is 0.266. The van der Waals surface area contributed by atoms with E-state index in [0.717, 1.165) is 19.3 Å². The SMILES string of the molecule is CSc1ccc(C)c(C2(N=C=O)CCC2)c1. The van der Waals surface area contributed by atoms with E-state index in [1.807, 2.05) is 0 Å². The summed E-state index contributed by atoms with van der Waals surface area (Å²) < 4.78 is 0. The number of aryl methyl sites for hydroxylation is 1. The van der Waals surface area contributed by atoms with Crippen molar-refractivity contribution in [3.05, 3.63) is 29.3 Å². The lowest BCUT2D eigenvalue weighted by Crippen LogP contribution is -2.32. The Morgan fingerprint density at radius 3 is 2.69 bits per heavy atom. The minimum Gasteiger partial charge on any atom is -0.211 e. The predicted octanol–water partition coefficient (Wildman–Crippen LogP) is 3.43. The Morgan fingerprint density at radius 1 is 1.44 bits per heavy atom. The van der Waals surface area contributed by atoms with Crippen LogP contribution >= 0.6 is 11.8 Å². The van der Waals surface area contributed by atoms with Crippen molar-refractivity contribution < 1.29 is 4.79 Å². The van der Waals surface area contributed by atoms with Gasteiger partial charge in [-0.25, -0.2) is 4.79 Å². The van der Waals surface area contributed by atoms with Crippen molar-refractivity contribution >= 4 is 17.8 Å². The molecule has 1 saturated carbocycles. The van der Waals surface area contributed by atoms with Gasteiger partial charge >= 0.3 is 0 Å². The average molecular weight is 233 g/mol. The second-order valence-electron chi connectivity index (χ2n) is 4.27. The highest BCUT2D eigenvalue weighted by Crippen LogP contribution is 2.46. The van der Waals surface area contributed by atoms with Crippen LogP contribution in [0.15, 0.2) is 28.1 Å². The molecule has 0 radical (unpaired) electrons. The highest BCUT2D eigenvalue weighted by atomic mass is 32.2. The van der Waals surface area contributed by atoms with Crippen molar-refractivity contribution in [3.63, 3.8) is 0 Å². The fourth-order valence-corrected chi connectivity index (χ4v) is 2.71. The van der Waals surface area contributed by atoms with Crippen LogP contribution in [0, 0.1) is 6.92 Å². The lowest BCUT2D eigenvalue weighted by atomic mass is 9.71. The van der Waals surface area contributed by atoms with Crippen LogP contribution in [0.2, 0.25) is 0 Å². The highest BCUT2D eigenvalue weighted by molar-refractivity contribution is 7.98. The molecule has 0 N–H and O–H groups in total. The molecule has 1 fully saturated rings. The highest BCUT2D eigenvalue weighted by Gasteiger charge is 2.39. The fourth-order valence-electron chi connectivity index (χ4n) is 2.27. The summed E-state index contributed by atoms with van der Waals surface area (Å²) in [7, 11) is 0. The maximum absolute atomic E-state index is 10.6. The van der Waals surface area contributed by atoms with E-state index in [1.165, 1.54) is 16.0 Å². The fraction of sp³-hybridized carbons (Fsp3) is 0.462. The maximum atomic E-state index is 10.6. The smallest absolute Gasteiger partial charge is 0.211 e. The van der Waals surface area contributed by atoms with Gasteiger partial charge < -0.3 is 0 Å². The predicted molar refractivity (Wildman–Crippen MR) is 66.6 cm³/mol. The number of carbonyl (C=O) groups excluding carboxylic acids is 1. The number of thioether (sulfide) groups is 1. The summed E-state index contributed by atoms with van der Waals surface area (Å²) in [5.41, 5.74) is 2.16. The summed E-state index contributed by atoms with van der Waals surface area (Å²) >= 11 is 1.72. The summed E-state index contributed by atoms with van der Waals surface area (Å²) in [5, 5.41) is 0. The summed E-state index contributed by atoms with van der Waals surface area (Å²) in [6, 6.07) is 6.39. The Kier molecular flexibility index (Phi) is 3.17. The standard InChI is InChI=1S/C13H15NOS/c1-10-4-5-11(16-2)8-12(10)13(14-9-15)6-3-7-13/h4-5,8H,3,6-7H2,1-2H3. The van der Waals surface area contributed by atoms with Gasteiger partial charge in [-0.05, 0) is 55.7 Å². The first-order valence-electron chi connectivity index (χ1n) is 5.46. The van der Waals surface area contributed by atoms with Crippen LogP contribution in [0.4, 0.5) is 0 Å². The van der Waals surface area contributed by atoms with E-state index in [-0.39, 0.29) is 5.54 Å². The first-order chi connectivity index (χ1) is 7.72. The summed E-state index contributed by atoms with van der Waals surface area (Å²) in [4.78, 5) is 15.8. The van der Waals surface area contributed by atoms with E-state index < -0.39 is 0 Å². The largest absolute Gasteiger partial charge is 0.235 e. The number of rotatable bonds is 3. The van der Waals surface area contributed by atoms with Crippen LogP contribution in [-0.2, 0) is 10.3 Å². The van der Waals surface area contributed by atoms with Crippen LogP contribution < -0.4 is 0 Å². The average Bonchev–Trinajstić information content (AvgIpc) is 2.25. The van der Waals surface area contributed by atoms with Gasteiger partial charge in [-0.1, -0.05) is 6.07 Å². The van der Waals surface area contributed by atoms with Crippen molar-refractivity contribution in [2.24, 2.45) is 4.99 Å². The molecule has 1 aliphatic carbocycles. The Labute approximate surface area is 100 Å². The van der Waals surface area contributed by atoms with E-state index in [9.17, 15) is 4.79 Å². The van der Waals surface area contributed by atoms with Gasteiger partial charge in [0.25, 0.3) is 0 Å². The monoisotopic (exact) mass is 233 g/mol. The van der Waals surface area contributed by atoms with Crippen LogP contribution in [0.3, 0.4) is 0 Å². The molecule has 2 rings (SSSR count). The Balaban J connectivity index is 2.48. The number of hydrogen-bond acceptors (Lipinski definition) is 3. The number of nitrogens with zero attached hydrogens (tertiary/aromatic N) is 1. The Bertz CT molecular complexity index is 445. The first kappa shape index (κ1) is 11.4. The number of hydrogen-bond donors (Lipinski definition) is 0. The van der Waals surface area contributed by atoms with E-state index >= 15 is 0 Å². The molecule has 0 spiro atoms. The first-order valence-corrected chi connectivity index (χ1v) is 6.68. The van der Waals surface area contributed by atoms with Crippen LogP contribution in [-0.4, -0.2) is 12.3 Å². The molecule has 0 atom stereocenters. The van der Waals surface area contributed by atoms with Crippen molar-refractivity contribution in [2.45, 2.75) is 36.6 Å². The molecule has 0 bridgehead atoms. The zero-order valence-corrected chi connectivity index (χ0v) is 10.4. The molecule has 1 aromatic carbocycles. The maximum Gasteiger partial charge on any atom is 0.235 e. The van der Waals surface area contributed by atoms with Crippen LogP contribution in [0.1, 0.15) is 30.4 Å². The van der Waals surface area contributed by atoms with Crippen molar-refractivity contribution in [1.29, 1.82) is 0 Å². The van der Waals surface area contributed by atoms with Crippen molar-refractivity contribution in [2.75, 3.05) is 6.26 Å².